The number of hydrogen-bond acceptors (Lipinski definition) is 2. The summed E-state index contributed by atoms with van der Waals surface area (Å²) in [6, 6.07) is 8.40. The highest BCUT2D eigenvalue weighted by Gasteiger charge is 2.43. The van der Waals surface area contributed by atoms with Gasteiger partial charge in [-0.1, -0.05) is 47.3 Å². The summed E-state index contributed by atoms with van der Waals surface area (Å²) in [5.41, 5.74) is 0.899. The van der Waals surface area contributed by atoms with E-state index in [2.05, 4.69) is 44.3 Å². The van der Waals surface area contributed by atoms with Gasteiger partial charge in [0, 0.05) is 24.1 Å². The maximum absolute atomic E-state index is 13.4. The number of nitrogens with zero attached hydrogens (tertiary/aromatic N) is 1. The van der Waals surface area contributed by atoms with Crippen LogP contribution in [0.3, 0.4) is 0 Å². The maximum Gasteiger partial charge on any atom is 0.233 e. The molecule has 3 rings (SSSR count). The van der Waals surface area contributed by atoms with Gasteiger partial charge in [-0.05, 0) is 43.5 Å². The molecule has 1 N–H and O–H groups in total. The van der Waals surface area contributed by atoms with Gasteiger partial charge in [-0.25, -0.2) is 0 Å². The maximum atomic E-state index is 13.4. The van der Waals surface area contributed by atoms with Crippen LogP contribution in [0.5, 0.6) is 0 Å². The largest absolute Gasteiger partial charge is 0.341 e. The van der Waals surface area contributed by atoms with Crippen LogP contribution in [0.2, 0.25) is 0 Å². The van der Waals surface area contributed by atoms with Crippen molar-refractivity contribution in [1.29, 1.82) is 0 Å². The number of benzene rings is 1. The van der Waals surface area contributed by atoms with Crippen molar-refractivity contribution in [2.45, 2.75) is 43.9 Å². The van der Waals surface area contributed by atoms with Crippen LogP contribution >= 0.6 is 15.9 Å². The Morgan fingerprint density at radius 3 is 2.68 bits per heavy atom. The minimum absolute atomic E-state index is 0.299. The summed E-state index contributed by atoms with van der Waals surface area (Å²) in [5.74, 6) is 0.356. The van der Waals surface area contributed by atoms with Crippen LogP contribution in [0, 0.1) is 0 Å². The van der Waals surface area contributed by atoms with Crippen LogP contribution in [-0.4, -0.2) is 37.0 Å². The highest BCUT2D eigenvalue weighted by molar-refractivity contribution is 9.10. The molecule has 3 nitrogen and oxygen atoms in total. The van der Waals surface area contributed by atoms with Crippen molar-refractivity contribution in [3.63, 3.8) is 0 Å². The van der Waals surface area contributed by atoms with E-state index in [4.69, 9.17) is 0 Å². The Morgan fingerprint density at radius 1 is 1.09 bits per heavy atom. The molecule has 22 heavy (non-hydrogen) atoms. The Hall–Kier alpha value is -0.870. The molecule has 0 bridgehead atoms. The van der Waals surface area contributed by atoms with Gasteiger partial charge in [0.1, 0.15) is 0 Å². The first-order valence-electron chi connectivity index (χ1n) is 8.48. The van der Waals surface area contributed by atoms with Crippen molar-refractivity contribution >= 4 is 21.8 Å². The fourth-order valence-corrected chi connectivity index (χ4v) is 4.32. The first kappa shape index (κ1) is 16.0. The van der Waals surface area contributed by atoms with Gasteiger partial charge in [0.2, 0.25) is 5.91 Å². The summed E-state index contributed by atoms with van der Waals surface area (Å²) < 4.78 is 1.07. The highest BCUT2D eigenvalue weighted by Crippen LogP contribution is 2.41. The third-order valence-electron chi connectivity index (χ3n) is 5.12. The van der Waals surface area contributed by atoms with E-state index in [1.807, 2.05) is 6.07 Å². The van der Waals surface area contributed by atoms with E-state index in [-0.39, 0.29) is 5.41 Å². The van der Waals surface area contributed by atoms with Gasteiger partial charge in [0.25, 0.3) is 0 Å². The van der Waals surface area contributed by atoms with E-state index < -0.39 is 0 Å². The lowest BCUT2D eigenvalue weighted by molar-refractivity contribution is -0.138. The minimum Gasteiger partial charge on any atom is -0.341 e. The van der Waals surface area contributed by atoms with Crippen molar-refractivity contribution in [1.82, 2.24) is 10.2 Å². The molecule has 1 aromatic carbocycles. The number of carbonyl (C=O) groups is 1. The van der Waals surface area contributed by atoms with E-state index >= 15 is 0 Å². The number of nitrogens with one attached hydrogen (secondary N) is 1. The monoisotopic (exact) mass is 364 g/mol. The topological polar surface area (TPSA) is 32.3 Å². The van der Waals surface area contributed by atoms with Gasteiger partial charge in [-0.15, -0.1) is 0 Å². The van der Waals surface area contributed by atoms with Crippen molar-refractivity contribution < 1.29 is 4.79 Å². The molecule has 1 aliphatic carbocycles. The van der Waals surface area contributed by atoms with Crippen LogP contribution in [0.1, 0.15) is 44.1 Å². The predicted octanol–water partition coefficient (Wildman–Crippen LogP) is 3.47. The SMILES string of the molecule is O=C(N1CCCNCC1)C1(c2cccc(Br)c2)CCCCC1. The van der Waals surface area contributed by atoms with Crippen LogP contribution < -0.4 is 5.32 Å². The molecule has 0 radical (unpaired) electrons. The Balaban J connectivity index is 1.92. The van der Waals surface area contributed by atoms with Crippen LogP contribution in [-0.2, 0) is 10.2 Å². The van der Waals surface area contributed by atoms with Crippen molar-refractivity contribution in [3.8, 4) is 0 Å². The Kier molecular flexibility index (Phi) is 5.19. The first-order valence-corrected chi connectivity index (χ1v) is 9.28. The van der Waals surface area contributed by atoms with Crippen LogP contribution in [0.15, 0.2) is 28.7 Å². The lowest BCUT2D eigenvalue weighted by Gasteiger charge is -2.40. The average molecular weight is 365 g/mol. The molecule has 0 atom stereocenters. The van der Waals surface area contributed by atoms with E-state index in [1.54, 1.807) is 0 Å². The molecule has 2 aliphatic rings. The molecule has 0 aromatic heterocycles. The third kappa shape index (κ3) is 3.23. The zero-order valence-electron chi connectivity index (χ0n) is 13.1. The van der Waals surface area contributed by atoms with E-state index in [9.17, 15) is 4.79 Å². The second kappa shape index (κ2) is 7.14. The van der Waals surface area contributed by atoms with Crippen molar-refractivity contribution in [2.24, 2.45) is 0 Å². The molecule has 4 heteroatoms. The van der Waals surface area contributed by atoms with Crippen LogP contribution in [0.4, 0.5) is 0 Å². The lowest BCUT2D eigenvalue weighted by Crippen LogP contribution is -2.49. The van der Waals surface area contributed by atoms with Gasteiger partial charge < -0.3 is 10.2 Å². The lowest BCUT2D eigenvalue weighted by atomic mass is 9.68. The predicted molar refractivity (Wildman–Crippen MR) is 93.0 cm³/mol. The Labute approximate surface area is 141 Å². The average Bonchev–Trinajstić information content (AvgIpc) is 2.84. The molecule has 0 unspecified atom stereocenters. The molecule has 120 valence electrons. The van der Waals surface area contributed by atoms with Crippen molar-refractivity contribution in [2.75, 3.05) is 26.2 Å². The number of hydrogen-bond donors (Lipinski definition) is 1. The smallest absolute Gasteiger partial charge is 0.233 e. The number of carbonyl (C=O) groups excluding carboxylic acids is 1. The van der Waals surface area contributed by atoms with Gasteiger partial charge >= 0.3 is 0 Å². The Bertz CT molecular complexity index is 518. The molecule has 1 aromatic rings. The number of amides is 1. The van der Waals surface area contributed by atoms with Gasteiger partial charge in [0.15, 0.2) is 0 Å². The quantitative estimate of drug-likeness (QED) is 0.871. The molecule has 1 amide bonds. The fourth-order valence-electron chi connectivity index (χ4n) is 3.92. The van der Waals surface area contributed by atoms with Crippen LogP contribution in [0.25, 0.3) is 0 Å². The zero-order valence-corrected chi connectivity index (χ0v) is 14.7. The molecule has 1 saturated carbocycles. The van der Waals surface area contributed by atoms with Crippen molar-refractivity contribution in [3.05, 3.63) is 34.3 Å². The summed E-state index contributed by atoms with van der Waals surface area (Å²) in [7, 11) is 0. The summed E-state index contributed by atoms with van der Waals surface area (Å²) in [6.07, 6.45) is 6.61. The zero-order chi connectivity index (χ0) is 15.4. The third-order valence-corrected chi connectivity index (χ3v) is 5.61. The normalized spacial score (nSPS) is 22.1. The van der Waals surface area contributed by atoms with E-state index in [0.29, 0.717) is 5.91 Å². The minimum atomic E-state index is -0.299. The number of halogens is 1. The summed E-state index contributed by atoms with van der Waals surface area (Å²) >= 11 is 3.58. The first-order chi connectivity index (χ1) is 10.7. The molecule has 2 fully saturated rings. The molecule has 1 aliphatic heterocycles. The summed E-state index contributed by atoms with van der Waals surface area (Å²) in [5, 5.41) is 3.40. The molecule has 0 spiro atoms. The molecule has 1 saturated heterocycles. The van der Waals surface area contributed by atoms with Gasteiger partial charge in [-0.2, -0.15) is 0 Å². The molecule has 1 heterocycles. The molecular formula is C18H25BrN2O. The fraction of sp³-hybridized carbons (Fsp3) is 0.611. The van der Waals surface area contributed by atoms with Gasteiger partial charge in [0.05, 0.1) is 5.41 Å². The number of rotatable bonds is 2. The second-order valence-corrected chi connectivity index (χ2v) is 7.46. The van der Waals surface area contributed by atoms with E-state index in [1.165, 1.54) is 12.0 Å². The van der Waals surface area contributed by atoms with E-state index in [0.717, 1.165) is 62.8 Å². The highest BCUT2D eigenvalue weighted by atomic mass is 79.9. The summed E-state index contributed by atoms with van der Waals surface area (Å²) in [4.78, 5) is 15.5. The Morgan fingerprint density at radius 2 is 1.91 bits per heavy atom. The molecular weight excluding hydrogens is 340 g/mol. The van der Waals surface area contributed by atoms with Gasteiger partial charge in [-0.3, -0.25) is 4.79 Å². The second-order valence-electron chi connectivity index (χ2n) is 6.55. The summed E-state index contributed by atoms with van der Waals surface area (Å²) in [6.45, 7) is 3.67. The standard InChI is InChI=1S/C18H25BrN2O/c19-16-7-4-6-15(14-16)18(8-2-1-3-9-18)17(22)21-12-5-10-20-11-13-21/h4,6-7,14,20H,1-3,5,8-13H2.